The summed E-state index contributed by atoms with van der Waals surface area (Å²) in [5.41, 5.74) is 10.8. The molecule has 8 heteroatoms. The van der Waals surface area contributed by atoms with Crippen LogP contribution in [0.5, 0.6) is 5.75 Å². The fourth-order valence-corrected chi connectivity index (χ4v) is 4.28. The Hall–Kier alpha value is -4.30. The highest BCUT2D eigenvalue weighted by atomic mass is 16.5. The van der Waals surface area contributed by atoms with Gasteiger partial charge < -0.3 is 20.7 Å². The van der Waals surface area contributed by atoms with Crippen molar-refractivity contribution in [2.45, 2.75) is 6.61 Å². The molecule has 0 aliphatic carbocycles. The van der Waals surface area contributed by atoms with E-state index in [0.29, 0.717) is 11.5 Å². The van der Waals surface area contributed by atoms with Gasteiger partial charge in [0.1, 0.15) is 18.2 Å². The first kappa shape index (κ1) is 23.4. The van der Waals surface area contributed by atoms with E-state index in [1.165, 1.54) is 0 Å². The molecule has 0 bridgehead atoms. The molecular weight excluding hydrogens is 450 g/mol. The van der Waals surface area contributed by atoms with Crippen molar-refractivity contribution in [1.82, 2.24) is 20.3 Å². The maximum Gasteiger partial charge on any atom is 0.168 e. The number of piperazine rings is 1. The van der Waals surface area contributed by atoms with E-state index < -0.39 is 0 Å². The first-order valence-corrected chi connectivity index (χ1v) is 12.0. The van der Waals surface area contributed by atoms with Gasteiger partial charge in [0.2, 0.25) is 0 Å². The van der Waals surface area contributed by atoms with Crippen LogP contribution in [0.1, 0.15) is 17.0 Å². The van der Waals surface area contributed by atoms with Crippen LogP contribution in [0.2, 0.25) is 0 Å². The Morgan fingerprint density at radius 1 is 1.00 bits per heavy atom. The van der Waals surface area contributed by atoms with Gasteiger partial charge >= 0.3 is 0 Å². The zero-order valence-corrected chi connectivity index (χ0v) is 20.3. The standard InChI is InChI=1S/C28H29N7O/c1-30-18-24(20-10-12-31-13-11-20)27(29)21-6-8-22(9-7-21)36-19-26-33-25-5-3-2-4-23(25)28(34-26)35-16-14-32-15-17-35/h2-13,18,32H,14-17,19,29H2,1H3/b27-24+,30-18?. The number of ether oxygens (including phenoxy) is 1. The monoisotopic (exact) mass is 479 g/mol. The molecule has 36 heavy (non-hydrogen) atoms. The quantitative estimate of drug-likeness (QED) is 0.391. The number of nitrogens with zero attached hydrogens (tertiary/aromatic N) is 5. The maximum absolute atomic E-state index is 6.51. The van der Waals surface area contributed by atoms with Crippen molar-refractivity contribution in [3.8, 4) is 5.75 Å². The number of aliphatic imine (C=N–C) groups is 1. The first-order chi connectivity index (χ1) is 17.7. The molecule has 4 aromatic rings. The molecule has 5 rings (SSSR count). The van der Waals surface area contributed by atoms with Gasteiger partial charge in [-0.2, -0.15) is 0 Å². The van der Waals surface area contributed by atoms with Crippen molar-refractivity contribution in [3.05, 3.63) is 90.0 Å². The fourth-order valence-electron chi connectivity index (χ4n) is 4.28. The largest absolute Gasteiger partial charge is 0.486 e. The van der Waals surface area contributed by atoms with Gasteiger partial charge in [0.15, 0.2) is 5.82 Å². The number of allylic oxidation sites excluding steroid dienone is 1. The molecule has 0 saturated carbocycles. The van der Waals surface area contributed by atoms with E-state index in [1.54, 1.807) is 25.7 Å². The average molecular weight is 480 g/mol. The SMILES string of the molecule is CN=C/C(=C(\N)c1ccc(OCc2nc(N3CCNCC3)c3ccccc3n2)cc1)c1ccncc1. The number of nitrogens with one attached hydrogen (secondary N) is 1. The predicted octanol–water partition coefficient (Wildman–Crippen LogP) is 3.54. The van der Waals surface area contributed by atoms with E-state index in [0.717, 1.165) is 65.3 Å². The van der Waals surface area contributed by atoms with Crippen molar-refractivity contribution in [1.29, 1.82) is 0 Å². The molecule has 1 saturated heterocycles. The molecule has 2 aromatic heterocycles. The van der Waals surface area contributed by atoms with Crippen LogP contribution < -0.4 is 20.7 Å². The Balaban J connectivity index is 1.36. The third-order valence-corrected chi connectivity index (χ3v) is 6.12. The van der Waals surface area contributed by atoms with Gasteiger partial charge in [-0.3, -0.25) is 9.98 Å². The minimum absolute atomic E-state index is 0.277. The van der Waals surface area contributed by atoms with Gasteiger partial charge in [0, 0.05) is 68.5 Å². The minimum Gasteiger partial charge on any atom is -0.486 e. The van der Waals surface area contributed by atoms with Gasteiger partial charge in [-0.15, -0.1) is 0 Å². The highest BCUT2D eigenvalue weighted by Gasteiger charge is 2.17. The van der Waals surface area contributed by atoms with Gasteiger partial charge in [-0.25, -0.2) is 9.97 Å². The van der Waals surface area contributed by atoms with Gasteiger partial charge in [-0.1, -0.05) is 12.1 Å². The molecule has 1 aliphatic heterocycles. The van der Waals surface area contributed by atoms with Gasteiger partial charge in [-0.05, 0) is 59.7 Å². The fraction of sp³-hybridized carbons (Fsp3) is 0.214. The number of pyridine rings is 1. The highest BCUT2D eigenvalue weighted by molar-refractivity contribution is 6.18. The second-order valence-corrected chi connectivity index (χ2v) is 8.48. The molecule has 3 N–H and O–H groups in total. The van der Waals surface area contributed by atoms with Gasteiger partial charge in [0.25, 0.3) is 0 Å². The number of aromatic nitrogens is 3. The Morgan fingerprint density at radius 2 is 1.75 bits per heavy atom. The number of hydrogen-bond donors (Lipinski definition) is 2. The summed E-state index contributed by atoms with van der Waals surface area (Å²) in [4.78, 5) is 20.2. The van der Waals surface area contributed by atoms with E-state index in [1.807, 2.05) is 54.6 Å². The number of rotatable bonds is 7. The van der Waals surface area contributed by atoms with Crippen molar-refractivity contribution in [3.63, 3.8) is 0 Å². The molecule has 1 fully saturated rings. The van der Waals surface area contributed by atoms with E-state index in [-0.39, 0.29) is 6.61 Å². The molecule has 0 radical (unpaired) electrons. The first-order valence-electron chi connectivity index (χ1n) is 12.0. The minimum atomic E-state index is 0.277. The Labute approximate surface area is 210 Å². The number of para-hydroxylation sites is 1. The van der Waals surface area contributed by atoms with E-state index in [9.17, 15) is 0 Å². The summed E-state index contributed by atoms with van der Waals surface area (Å²) < 4.78 is 6.06. The molecule has 1 aliphatic rings. The molecule has 182 valence electrons. The molecule has 0 atom stereocenters. The zero-order chi connectivity index (χ0) is 24.7. The zero-order valence-electron chi connectivity index (χ0n) is 20.3. The smallest absolute Gasteiger partial charge is 0.168 e. The van der Waals surface area contributed by atoms with Crippen LogP contribution in [0.4, 0.5) is 5.82 Å². The molecule has 8 nitrogen and oxygen atoms in total. The summed E-state index contributed by atoms with van der Waals surface area (Å²) in [7, 11) is 1.73. The highest BCUT2D eigenvalue weighted by Crippen LogP contribution is 2.26. The van der Waals surface area contributed by atoms with E-state index in [2.05, 4.69) is 26.3 Å². The summed E-state index contributed by atoms with van der Waals surface area (Å²) in [5, 5.41) is 4.46. The molecule has 0 unspecified atom stereocenters. The van der Waals surface area contributed by atoms with Crippen LogP contribution in [0, 0.1) is 0 Å². The third-order valence-electron chi connectivity index (χ3n) is 6.12. The Kier molecular flexibility index (Phi) is 7.14. The maximum atomic E-state index is 6.51. The number of hydrogen-bond acceptors (Lipinski definition) is 8. The number of benzene rings is 2. The molecule has 3 heterocycles. The van der Waals surface area contributed by atoms with E-state index in [4.69, 9.17) is 20.4 Å². The second-order valence-electron chi connectivity index (χ2n) is 8.48. The van der Waals surface area contributed by atoms with Crippen LogP contribution in [0.15, 0.2) is 78.0 Å². The van der Waals surface area contributed by atoms with Crippen LogP contribution in [-0.4, -0.2) is 54.4 Å². The lowest BCUT2D eigenvalue weighted by Crippen LogP contribution is -2.44. The third kappa shape index (κ3) is 5.18. The summed E-state index contributed by atoms with van der Waals surface area (Å²) in [5.74, 6) is 2.35. The topological polar surface area (TPSA) is 102 Å². The second kappa shape index (κ2) is 11.0. The average Bonchev–Trinajstić information content (AvgIpc) is 2.95. The van der Waals surface area contributed by atoms with Crippen molar-refractivity contribution >= 4 is 34.2 Å². The number of nitrogens with two attached hydrogens (primary N) is 1. The van der Waals surface area contributed by atoms with Crippen molar-refractivity contribution in [2.24, 2.45) is 10.7 Å². The summed E-state index contributed by atoms with van der Waals surface area (Å²) in [6.45, 7) is 4.01. The predicted molar refractivity (Wildman–Crippen MR) is 145 cm³/mol. The summed E-state index contributed by atoms with van der Waals surface area (Å²) >= 11 is 0. The van der Waals surface area contributed by atoms with Crippen LogP contribution in [-0.2, 0) is 6.61 Å². The van der Waals surface area contributed by atoms with Gasteiger partial charge in [0.05, 0.1) is 5.52 Å². The van der Waals surface area contributed by atoms with Crippen molar-refractivity contribution in [2.75, 3.05) is 38.1 Å². The lowest BCUT2D eigenvalue weighted by atomic mass is 10.0. The summed E-state index contributed by atoms with van der Waals surface area (Å²) in [6, 6.07) is 19.7. The Bertz CT molecular complexity index is 1380. The Morgan fingerprint density at radius 3 is 2.50 bits per heavy atom. The normalized spacial score (nSPS) is 14.8. The van der Waals surface area contributed by atoms with E-state index >= 15 is 0 Å². The van der Waals surface area contributed by atoms with Crippen LogP contribution in [0.25, 0.3) is 22.2 Å². The molecule has 0 amide bonds. The molecule has 2 aromatic carbocycles. The number of anilines is 1. The van der Waals surface area contributed by atoms with Crippen LogP contribution >= 0.6 is 0 Å². The lowest BCUT2D eigenvalue weighted by Gasteiger charge is -2.29. The molecular formula is C28H29N7O. The number of fused-ring (bicyclic) bond motifs is 1. The van der Waals surface area contributed by atoms with Crippen LogP contribution in [0.3, 0.4) is 0 Å². The summed E-state index contributed by atoms with van der Waals surface area (Å²) in [6.07, 6.45) is 5.25. The lowest BCUT2D eigenvalue weighted by molar-refractivity contribution is 0.296. The van der Waals surface area contributed by atoms with Crippen molar-refractivity contribution < 1.29 is 4.74 Å². The molecule has 0 spiro atoms.